The van der Waals surface area contributed by atoms with Gasteiger partial charge in [0.15, 0.2) is 6.61 Å². The summed E-state index contributed by atoms with van der Waals surface area (Å²) in [6.45, 7) is 7.20. The average Bonchev–Trinajstić information content (AvgIpc) is 2.63. The van der Waals surface area contributed by atoms with E-state index < -0.39 is 0 Å². The van der Waals surface area contributed by atoms with Crippen molar-refractivity contribution < 1.29 is 13.9 Å². The monoisotopic (exact) mass is 386 g/mol. The number of rotatable bonds is 8. The molecule has 0 bridgehead atoms. The van der Waals surface area contributed by atoms with Gasteiger partial charge in [0.05, 0.1) is 6.04 Å². The maximum Gasteiger partial charge on any atom is 0.258 e. The molecule has 0 aliphatic carbocycles. The highest BCUT2D eigenvalue weighted by atomic mass is 19.1. The topological polar surface area (TPSA) is 41.6 Å². The molecule has 1 N–H and O–H groups in total. The van der Waals surface area contributed by atoms with Crippen LogP contribution in [0.2, 0.25) is 0 Å². The summed E-state index contributed by atoms with van der Waals surface area (Å²) in [7, 11) is 3.96. The molecular formula is C23H31FN2O2. The van der Waals surface area contributed by atoms with Gasteiger partial charge >= 0.3 is 0 Å². The van der Waals surface area contributed by atoms with Crippen LogP contribution in [0.15, 0.2) is 48.5 Å². The van der Waals surface area contributed by atoms with Crippen LogP contribution in [0.4, 0.5) is 4.39 Å². The number of benzene rings is 2. The van der Waals surface area contributed by atoms with Gasteiger partial charge in [0.2, 0.25) is 0 Å². The van der Waals surface area contributed by atoms with Gasteiger partial charge < -0.3 is 15.0 Å². The molecule has 0 spiro atoms. The third-order valence-electron chi connectivity index (χ3n) is 4.56. The fraction of sp³-hybridized carbons (Fsp3) is 0.435. The molecule has 0 saturated heterocycles. The Balaban J connectivity index is 1.96. The summed E-state index contributed by atoms with van der Waals surface area (Å²) in [5, 5.41) is 3.00. The first-order valence-electron chi connectivity index (χ1n) is 9.58. The number of carbonyl (C=O) groups is 1. The molecule has 0 heterocycles. The van der Waals surface area contributed by atoms with Crippen molar-refractivity contribution in [3.63, 3.8) is 0 Å². The number of nitrogens with one attached hydrogen (secondary N) is 1. The van der Waals surface area contributed by atoms with Gasteiger partial charge in [-0.2, -0.15) is 0 Å². The molecule has 0 saturated carbocycles. The second kappa shape index (κ2) is 9.69. The van der Waals surface area contributed by atoms with Crippen molar-refractivity contribution in [3.8, 4) is 5.75 Å². The van der Waals surface area contributed by atoms with E-state index in [0.29, 0.717) is 5.75 Å². The molecule has 5 heteroatoms. The van der Waals surface area contributed by atoms with Crippen molar-refractivity contribution in [1.29, 1.82) is 0 Å². The number of hydrogen-bond acceptors (Lipinski definition) is 3. The zero-order chi connectivity index (χ0) is 20.7. The van der Waals surface area contributed by atoms with Crippen molar-refractivity contribution in [2.45, 2.75) is 38.6 Å². The summed E-state index contributed by atoms with van der Waals surface area (Å²) >= 11 is 0. The van der Waals surface area contributed by atoms with E-state index in [1.807, 2.05) is 38.4 Å². The summed E-state index contributed by atoms with van der Waals surface area (Å²) in [6.07, 6.45) is 0.727. The smallest absolute Gasteiger partial charge is 0.258 e. The van der Waals surface area contributed by atoms with Gasteiger partial charge in [-0.25, -0.2) is 4.39 Å². The molecule has 0 aliphatic heterocycles. The maximum atomic E-state index is 13.2. The van der Waals surface area contributed by atoms with Crippen molar-refractivity contribution in [3.05, 3.63) is 65.5 Å². The standard InChI is InChI=1S/C23H31FN2O2/c1-23(2,3)18-8-12-20(13-9-18)28-16-22(27)25-21(14-15-26(4)5)17-6-10-19(24)11-7-17/h6-13,21H,14-16H2,1-5H3,(H,25,27). The minimum Gasteiger partial charge on any atom is -0.484 e. The summed E-state index contributed by atoms with van der Waals surface area (Å²) < 4.78 is 18.9. The summed E-state index contributed by atoms with van der Waals surface area (Å²) in [4.78, 5) is 14.5. The molecule has 1 atom stereocenters. The van der Waals surface area contributed by atoms with Crippen LogP contribution in [0.1, 0.15) is 44.4 Å². The van der Waals surface area contributed by atoms with E-state index in [4.69, 9.17) is 4.74 Å². The fourth-order valence-corrected chi connectivity index (χ4v) is 2.84. The molecule has 0 radical (unpaired) electrons. The minimum atomic E-state index is -0.288. The van der Waals surface area contributed by atoms with Gasteiger partial charge in [0, 0.05) is 0 Å². The first-order valence-corrected chi connectivity index (χ1v) is 9.58. The molecular weight excluding hydrogens is 355 g/mol. The van der Waals surface area contributed by atoms with Crippen molar-refractivity contribution in [2.75, 3.05) is 27.2 Å². The maximum absolute atomic E-state index is 13.2. The third-order valence-corrected chi connectivity index (χ3v) is 4.56. The highest BCUT2D eigenvalue weighted by molar-refractivity contribution is 5.78. The van der Waals surface area contributed by atoms with E-state index in [9.17, 15) is 9.18 Å². The number of nitrogens with zero attached hydrogens (tertiary/aromatic N) is 1. The summed E-state index contributed by atoms with van der Waals surface area (Å²) in [5.41, 5.74) is 2.17. The molecule has 28 heavy (non-hydrogen) atoms. The highest BCUT2D eigenvalue weighted by Crippen LogP contribution is 2.24. The Morgan fingerprint density at radius 3 is 2.21 bits per heavy atom. The summed E-state index contributed by atoms with van der Waals surface area (Å²) in [6, 6.07) is 13.9. The third kappa shape index (κ3) is 6.97. The van der Waals surface area contributed by atoms with Crippen LogP contribution in [-0.4, -0.2) is 38.1 Å². The fourth-order valence-electron chi connectivity index (χ4n) is 2.84. The van der Waals surface area contributed by atoms with E-state index in [2.05, 4.69) is 31.0 Å². The minimum absolute atomic E-state index is 0.0610. The van der Waals surface area contributed by atoms with Crippen molar-refractivity contribution >= 4 is 5.91 Å². The first kappa shape index (κ1) is 21.9. The molecule has 1 amide bonds. The number of ether oxygens (including phenoxy) is 1. The van der Waals surface area contributed by atoms with Gasteiger partial charge in [0.25, 0.3) is 5.91 Å². The van der Waals surface area contributed by atoms with Crippen molar-refractivity contribution in [2.24, 2.45) is 0 Å². The number of amides is 1. The van der Waals surface area contributed by atoms with E-state index in [-0.39, 0.29) is 29.8 Å². The molecule has 0 aromatic heterocycles. The van der Waals surface area contributed by atoms with Crippen LogP contribution in [0.5, 0.6) is 5.75 Å². The Kier molecular flexibility index (Phi) is 7.58. The number of carbonyl (C=O) groups excluding carboxylic acids is 1. The zero-order valence-electron chi connectivity index (χ0n) is 17.5. The Labute approximate surface area is 167 Å². The van der Waals surface area contributed by atoms with Gasteiger partial charge in [-0.05, 0) is 67.9 Å². The Bertz CT molecular complexity index is 750. The predicted octanol–water partition coefficient (Wildman–Crippen LogP) is 4.31. The lowest BCUT2D eigenvalue weighted by Crippen LogP contribution is -2.34. The van der Waals surface area contributed by atoms with E-state index in [1.54, 1.807) is 12.1 Å². The quantitative estimate of drug-likeness (QED) is 0.735. The molecule has 2 aromatic rings. The Hall–Kier alpha value is -2.40. The highest BCUT2D eigenvalue weighted by Gasteiger charge is 2.16. The lowest BCUT2D eigenvalue weighted by atomic mass is 9.87. The van der Waals surface area contributed by atoms with E-state index in [0.717, 1.165) is 18.5 Å². The Morgan fingerprint density at radius 2 is 1.68 bits per heavy atom. The van der Waals surface area contributed by atoms with Gasteiger partial charge in [0.1, 0.15) is 11.6 Å². The van der Waals surface area contributed by atoms with Crippen LogP contribution in [0.3, 0.4) is 0 Å². The number of hydrogen-bond donors (Lipinski definition) is 1. The van der Waals surface area contributed by atoms with Gasteiger partial charge in [-0.3, -0.25) is 4.79 Å². The van der Waals surface area contributed by atoms with Crippen LogP contribution >= 0.6 is 0 Å². The first-order chi connectivity index (χ1) is 13.1. The normalized spacial score (nSPS) is 12.7. The molecule has 152 valence electrons. The van der Waals surface area contributed by atoms with Gasteiger partial charge in [-0.15, -0.1) is 0 Å². The lowest BCUT2D eigenvalue weighted by molar-refractivity contribution is -0.123. The molecule has 2 aromatic carbocycles. The molecule has 0 fully saturated rings. The lowest BCUT2D eigenvalue weighted by Gasteiger charge is -2.22. The largest absolute Gasteiger partial charge is 0.484 e. The van der Waals surface area contributed by atoms with Gasteiger partial charge in [-0.1, -0.05) is 45.0 Å². The zero-order valence-corrected chi connectivity index (χ0v) is 17.5. The van der Waals surface area contributed by atoms with Crippen molar-refractivity contribution in [1.82, 2.24) is 10.2 Å². The van der Waals surface area contributed by atoms with Crippen LogP contribution in [0.25, 0.3) is 0 Å². The predicted molar refractivity (Wildman–Crippen MR) is 111 cm³/mol. The SMILES string of the molecule is CN(C)CCC(NC(=O)COc1ccc(C(C)(C)C)cc1)c1ccc(F)cc1. The van der Waals surface area contributed by atoms with Crippen LogP contribution in [-0.2, 0) is 10.2 Å². The molecule has 0 aliphatic rings. The Morgan fingerprint density at radius 1 is 1.07 bits per heavy atom. The second-order valence-electron chi connectivity index (χ2n) is 8.33. The number of halogens is 1. The molecule has 1 unspecified atom stereocenters. The summed E-state index contributed by atoms with van der Waals surface area (Å²) in [5.74, 6) is 0.172. The van der Waals surface area contributed by atoms with E-state index in [1.165, 1.54) is 17.7 Å². The van der Waals surface area contributed by atoms with E-state index >= 15 is 0 Å². The molecule has 2 rings (SSSR count). The second-order valence-corrected chi connectivity index (χ2v) is 8.33. The molecule has 4 nitrogen and oxygen atoms in total. The van der Waals surface area contributed by atoms with Crippen LogP contribution in [0, 0.1) is 5.82 Å². The van der Waals surface area contributed by atoms with Crippen LogP contribution < -0.4 is 10.1 Å². The average molecular weight is 387 g/mol.